The molecule has 29 heavy (non-hydrogen) atoms. The molecule has 9 heteroatoms. The predicted octanol–water partition coefficient (Wildman–Crippen LogP) is 4.04. The molecule has 1 aliphatic rings. The van der Waals surface area contributed by atoms with Crippen molar-refractivity contribution in [1.29, 1.82) is 0 Å². The number of nitrogens with zero attached hydrogens (tertiary/aromatic N) is 3. The summed E-state index contributed by atoms with van der Waals surface area (Å²) in [6.07, 6.45) is 2.22. The van der Waals surface area contributed by atoms with E-state index in [9.17, 15) is 14.5 Å². The fraction of sp³-hybridized carbons (Fsp3) is 0.200. The third kappa shape index (κ3) is 3.97. The standard InChI is InChI=1S/C20H15ClFN5O2/c21-15-2-1-3-16(19(15)22)26-20-14-9-18(27(28)29)13(8-17(14)24-11-25-20)5-4-12-6-7-23-10-12/h1-3,8-9,11-12,23H,6-7,10H2,(H,24,25,26). The van der Waals surface area contributed by atoms with Crippen LogP contribution in [0.15, 0.2) is 36.7 Å². The summed E-state index contributed by atoms with van der Waals surface area (Å²) in [7, 11) is 0. The molecule has 1 saturated heterocycles. The summed E-state index contributed by atoms with van der Waals surface area (Å²) in [5.74, 6) is 5.77. The first kappa shape index (κ1) is 19.1. The molecule has 1 aromatic heterocycles. The van der Waals surface area contributed by atoms with Crippen LogP contribution in [-0.4, -0.2) is 28.0 Å². The summed E-state index contributed by atoms with van der Waals surface area (Å²) in [6.45, 7) is 1.66. The van der Waals surface area contributed by atoms with E-state index < -0.39 is 10.7 Å². The van der Waals surface area contributed by atoms with Gasteiger partial charge in [-0.1, -0.05) is 29.5 Å². The summed E-state index contributed by atoms with van der Waals surface area (Å²) in [5.41, 5.74) is 0.704. The molecule has 0 amide bonds. The number of anilines is 2. The van der Waals surface area contributed by atoms with Gasteiger partial charge < -0.3 is 10.6 Å². The van der Waals surface area contributed by atoms with E-state index in [1.807, 2.05) is 0 Å². The van der Waals surface area contributed by atoms with Crippen LogP contribution in [-0.2, 0) is 0 Å². The van der Waals surface area contributed by atoms with Gasteiger partial charge in [0, 0.05) is 23.9 Å². The fourth-order valence-corrected chi connectivity index (χ4v) is 3.30. The van der Waals surface area contributed by atoms with Crippen molar-refractivity contribution >= 4 is 39.7 Å². The van der Waals surface area contributed by atoms with Gasteiger partial charge in [-0.05, 0) is 31.2 Å². The highest BCUT2D eigenvalue weighted by Gasteiger charge is 2.18. The fourth-order valence-electron chi connectivity index (χ4n) is 3.13. The maximum Gasteiger partial charge on any atom is 0.285 e. The molecule has 1 fully saturated rings. The Morgan fingerprint density at radius 3 is 2.97 bits per heavy atom. The van der Waals surface area contributed by atoms with Gasteiger partial charge >= 0.3 is 0 Å². The van der Waals surface area contributed by atoms with E-state index in [0.29, 0.717) is 10.9 Å². The molecule has 146 valence electrons. The maximum absolute atomic E-state index is 14.2. The van der Waals surface area contributed by atoms with Gasteiger partial charge in [-0.25, -0.2) is 14.4 Å². The van der Waals surface area contributed by atoms with Crippen molar-refractivity contribution in [2.45, 2.75) is 6.42 Å². The Morgan fingerprint density at radius 2 is 2.21 bits per heavy atom. The largest absolute Gasteiger partial charge is 0.337 e. The van der Waals surface area contributed by atoms with Gasteiger partial charge in [-0.3, -0.25) is 10.1 Å². The number of nitro benzene ring substituents is 1. The molecule has 0 saturated carbocycles. The molecule has 2 N–H and O–H groups in total. The van der Waals surface area contributed by atoms with Crippen LogP contribution in [0, 0.1) is 33.7 Å². The van der Waals surface area contributed by atoms with Crippen LogP contribution in [0.4, 0.5) is 21.6 Å². The lowest BCUT2D eigenvalue weighted by Crippen LogP contribution is -2.07. The molecule has 4 rings (SSSR count). The van der Waals surface area contributed by atoms with Gasteiger partial charge in [0.05, 0.1) is 21.2 Å². The highest BCUT2D eigenvalue weighted by molar-refractivity contribution is 6.31. The van der Waals surface area contributed by atoms with Gasteiger partial charge in [0.1, 0.15) is 17.7 Å². The molecule has 3 aromatic rings. The zero-order valence-corrected chi connectivity index (χ0v) is 15.8. The van der Waals surface area contributed by atoms with E-state index >= 15 is 0 Å². The predicted molar refractivity (Wildman–Crippen MR) is 109 cm³/mol. The van der Waals surface area contributed by atoms with Crippen LogP contribution in [0.2, 0.25) is 5.02 Å². The van der Waals surface area contributed by atoms with Gasteiger partial charge in [-0.15, -0.1) is 0 Å². The first-order valence-corrected chi connectivity index (χ1v) is 9.27. The number of rotatable bonds is 3. The van der Waals surface area contributed by atoms with Crippen LogP contribution in [0.5, 0.6) is 0 Å². The van der Waals surface area contributed by atoms with E-state index in [1.54, 1.807) is 12.1 Å². The Balaban J connectivity index is 1.79. The summed E-state index contributed by atoms with van der Waals surface area (Å²) in [5, 5.41) is 18.0. The molecule has 7 nitrogen and oxygen atoms in total. The van der Waals surface area contributed by atoms with Gasteiger partial charge in [-0.2, -0.15) is 0 Å². The van der Waals surface area contributed by atoms with Crippen LogP contribution in [0.25, 0.3) is 10.9 Å². The summed E-state index contributed by atoms with van der Waals surface area (Å²) in [6, 6.07) is 7.43. The highest BCUT2D eigenvalue weighted by atomic mass is 35.5. The van der Waals surface area contributed by atoms with Crippen molar-refractivity contribution in [1.82, 2.24) is 15.3 Å². The molecule has 0 spiro atoms. The average Bonchev–Trinajstić information content (AvgIpc) is 3.23. The lowest BCUT2D eigenvalue weighted by Gasteiger charge is -2.10. The number of hydrogen-bond donors (Lipinski definition) is 2. The average molecular weight is 412 g/mol. The summed E-state index contributed by atoms with van der Waals surface area (Å²) >= 11 is 5.82. The van der Waals surface area contributed by atoms with E-state index in [0.717, 1.165) is 19.5 Å². The third-order valence-corrected chi connectivity index (χ3v) is 4.92. The zero-order valence-electron chi connectivity index (χ0n) is 15.1. The Labute approximate surface area is 170 Å². The lowest BCUT2D eigenvalue weighted by atomic mass is 10.1. The van der Waals surface area contributed by atoms with E-state index in [4.69, 9.17) is 11.6 Å². The molecule has 0 aliphatic carbocycles. The second-order valence-electron chi connectivity index (χ2n) is 6.55. The van der Waals surface area contributed by atoms with E-state index in [-0.39, 0.29) is 33.7 Å². The van der Waals surface area contributed by atoms with Crippen LogP contribution < -0.4 is 10.6 Å². The van der Waals surface area contributed by atoms with E-state index in [1.165, 1.54) is 24.5 Å². The Bertz CT molecular complexity index is 1170. The number of fused-ring (bicyclic) bond motifs is 1. The minimum atomic E-state index is -0.636. The van der Waals surface area contributed by atoms with Crippen molar-refractivity contribution in [3.63, 3.8) is 0 Å². The number of hydrogen-bond acceptors (Lipinski definition) is 6. The minimum Gasteiger partial charge on any atom is -0.337 e. The molecule has 2 heterocycles. The number of nitro groups is 1. The smallest absolute Gasteiger partial charge is 0.285 e. The molecule has 2 aromatic carbocycles. The first-order valence-electron chi connectivity index (χ1n) is 8.89. The highest BCUT2D eigenvalue weighted by Crippen LogP contribution is 2.31. The maximum atomic E-state index is 14.2. The van der Waals surface area contributed by atoms with Crippen molar-refractivity contribution in [3.8, 4) is 11.8 Å². The number of aromatic nitrogens is 2. The van der Waals surface area contributed by atoms with E-state index in [2.05, 4.69) is 32.4 Å². The molecular weight excluding hydrogens is 397 g/mol. The normalized spacial score (nSPS) is 15.7. The monoisotopic (exact) mass is 411 g/mol. The van der Waals surface area contributed by atoms with Crippen LogP contribution >= 0.6 is 11.6 Å². The molecule has 1 atom stereocenters. The van der Waals surface area contributed by atoms with Crippen molar-refractivity contribution in [2.75, 3.05) is 18.4 Å². The van der Waals surface area contributed by atoms with Crippen molar-refractivity contribution < 1.29 is 9.31 Å². The Kier molecular flexibility index (Phi) is 5.25. The van der Waals surface area contributed by atoms with Gasteiger partial charge in [0.25, 0.3) is 5.69 Å². The van der Waals surface area contributed by atoms with Gasteiger partial charge in [0.15, 0.2) is 5.82 Å². The topological polar surface area (TPSA) is 93.0 Å². The molecule has 1 unspecified atom stereocenters. The summed E-state index contributed by atoms with van der Waals surface area (Å²) < 4.78 is 14.2. The Morgan fingerprint density at radius 1 is 1.34 bits per heavy atom. The van der Waals surface area contributed by atoms with Crippen molar-refractivity contribution in [2.24, 2.45) is 5.92 Å². The minimum absolute atomic E-state index is 0.0432. The molecule has 0 bridgehead atoms. The lowest BCUT2D eigenvalue weighted by molar-refractivity contribution is -0.385. The van der Waals surface area contributed by atoms with Crippen molar-refractivity contribution in [3.05, 3.63) is 63.2 Å². The molecular formula is C20H15ClFN5O2. The zero-order chi connectivity index (χ0) is 20.4. The first-order chi connectivity index (χ1) is 14.0. The third-order valence-electron chi connectivity index (χ3n) is 4.63. The molecule has 0 radical (unpaired) electrons. The SMILES string of the molecule is O=[N+]([O-])c1cc2c(Nc3cccc(Cl)c3F)ncnc2cc1C#CC1CCNC1. The van der Waals surface area contributed by atoms with Crippen LogP contribution in [0.3, 0.4) is 0 Å². The quantitative estimate of drug-likeness (QED) is 0.384. The number of halogens is 2. The Hall–Kier alpha value is -3.28. The second kappa shape index (κ2) is 7.99. The summed E-state index contributed by atoms with van der Waals surface area (Å²) in [4.78, 5) is 19.4. The number of benzene rings is 2. The molecule has 1 aliphatic heterocycles. The van der Waals surface area contributed by atoms with Crippen LogP contribution in [0.1, 0.15) is 12.0 Å². The number of nitrogens with one attached hydrogen (secondary N) is 2. The second-order valence-corrected chi connectivity index (χ2v) is 6.96. The van der Waals surface area contributed by atoms with Gasteiger partial charge in [0.2, 0.25) is 0 Å².